The van der Waals surface area contributed by atoms with Crippen molar-refractivity contribution in [2.45, 2.75) is 25.1 Å². The van der Waals surface area contributed by atoms with Crippen molar-refractivity contribution in [2.75, 3.05) is 16.6 Å². The molecule has 0 aliphatic heterocycles. The lowest BCUT2D eigenvalue weighted by Crippen LogP contribution is -2.18. The number of hydrogen-bond acceptors (Lipinski definition) is 6. The van der Waals surface area contributed by atoms with Crippen LogP contribution in [0, 0.1) is 6.92 Å². The van der Waals surface area contributed by atoms with Crippen LogP contribution in [0.15, 0.2) is 65.7 Å². The number of ether oxygens (including phenoxy) is 2. The Hall–Kier alpha value is -3.80. The lowest BCUT2D eigenvalue weighted by Gasteiger charge is -2.15. The van der Waals surface area contributed by atoms with Crippen LogP contribution < -0.4 is 19.5 Å². The number of carbonyl (C=O) groups excluding carboxylic acids is 1. The van der Waals surface area contributed by atoms with Crippen molar-refractivity contribution < 1.29 is 35.9 Å². The van der Waals surface area contributed by atoms with E-state index in [9.17, 15) is 26.4 Å². The molecular weight excluding hydrogens is 475 g/mol. The minimum atomic E-state index is -4.92. The number of anilines is 2. The first-order valence-electron chi connectivity index (χ1n) is 9.87. The van der Waals surface area contributed by atoms with Crippen LogP contribution in [0.4, 0.5) is 24.5 Å². The lowest BCUT2D eigenvalue weighted by atomic mass is 10.2. The molecule has 1 heterocycles. The number of aryl methyl sites for hydroxylation is 1. The van der Waals surface area contributed by atoms with Crippen LogP contribution >= 0.6 is 0 Å². The molecule has 1 amide bonds. The SMILES string of the molecule is CCOc1cc(NC(=O)c2cccnc2C)ccc1S(=O)(=O)Nc1cccc(OC(F)(F)F)c1. The zero-order valence-electron chi connectivity index (χ0n) is 18.0. The Bertz CT molecular complexity index is 1300. The highest BCUT2D eigenvalue weighted by atomic mass is 32.2. The summed E-state index contributed by atoms with van der Waals surface area (Å²) < 4.78 is 74.7. The number of halogens is 3. The van der Waals surface area contributed by atoms with Crippen molar-refractivity contribution in [2.24, 2.45) is 0 Å². The van der Waals surface area contributed by atoms with Gasteiger partial charge in [-0.3, -0.25) is 14.5 Å². The molecule has 0 aliphatic rings. The van der Waals surface area contributed by atoms with Crippen molar-refractivity contribution in [3.05, 3.63) is 72.1 Å². The van der Waals surface area contributed by atoms with E-state index in [2.05, 4.69) is 19.8 Å². The summed E-state index contributed by atoms with van der Waals surface area (Å²) in [4.78, 5) is 16.3. The molecule has 0 spiro atoms. The number of amides is 1. The van der Waals surface area contributed by atoms with Gasteiger partial charge in [0.25, 0.3) is 15.9 Å². The van der Waals surface area contributed by atoms with Crippen molar-refractivity contribution in [3.63, 3.8) is 0 Å². The van der Waals surface area contributed by atoms with Gasteiger partial charge < -0.3 is 14.8 Å². The van der Waals surface area contributed by atoms with Crippen molar-refractivity contribution in [1.82, 2.24) is 4.98 Å². The zero-order chi connectivity index (χ0) is 24.9. The van der Waals surface area contributed by atoms with Gasteiger partial charge in [0.15, 0.2) is 0 Å². The number of hydrogen-bond donors (Lipinski definition) is 2. The topological polar surface area (TPSA) is 107 Å². The van der Waals surface area contributed by atoms with Gasteiger partial charge in [-0.25, -0.2) is 8.42 Å². The number of sulfonamides is 1. The molecule has 12 heteroatoms. The third-order valence-electron chi connectivity index (χ3n) is 4.36. The van der Waals surface area contributed by atoms with Gasteiger partial charge in [-0.1, -0.05) is 6.07 Å². The number of benzene rings is 2. The normalized spacial score (nSPS) is 11.6. The van der Waals surface area contributed by atoms with Gasteiger partial charge in [-0.05, 0) is 50.2 Å². The molecule has 8 nitrogen and oxygen atoms in total. The maximum absolute atomic E-state index is 12.9. The monoisotopic (exact) mass is 495 g/mol. The van der Waals surface area contributed by atoms with Crippen LogP contribution in [0.2, 0.25) is 0 Å². The van der Waals surface area contributed by atoms with Crippen LogP contribution in [-0.4, -0.2) is 32.3 Å². The molecule has 0 atom stereocenters. The van der Waals surface area contributed by atoms with Gasteiger partial charge in [0.2, 0.25) is 0 Å². The second-order valence-corrected chi connectivity index (χ2v) is 8.52. The summed E-state index contributed by atoms with van der Waals surface area (Å²) in [6.07, 6.45) is -3.37. The highest BCUT2D eigenvalue weighted by Gasteiger charge is 2.31. The maximum Gasteiger partial charge on any atom is 0.573 e. The number of pyridine rings is 1. The lowest BCUT2D eigenvalue weighted by molar-refractivity contribution is -0.274. The highest BCUT2D eigenvalue weighted by molar-refractivity contribution is 7.92. The highest BCUT2D eigenvalue weighted by Crippen LogP contribution is 2.31. The Morgan fingerprint density at radius 2 is 1.82 bits per heavy atom. The first-order valence-corrected chi connectivity index (χ1v) is 11.4. The second-order valence-electron chi connectivity index (χ2n) is 6.87. The van der Waals surface area contributed by atoms with E-state index in [0.717, 1.165) is 12.1 Å². The smallest absolute Gasteiger partial charge is 0.492 e. The Balaban J connectivity index is 1.86. The molecule has 3 aromatic rings. The molecule has 2 aromatic carbocycles. The predicted molar refractivity (Wildman–Crippen MR) is 118 cm³/mol. The zero-order valence-corrected chi connectivity index (χ0v) is 18.8. The fraction of sp³-hybridized carbons (Fsp3) is 0.182. The Morgan fingerprint density at radius 3 is 2.50 bits per heavy atom. The molecule has 0 saturated heterocycles. The van der Waals surface area contributed by atoms with Crippen LogP contribution in [-0.2, 0) is 10.0 Å². The molecule has 0 radical (unpaired) electrons. The van der Waals surface area contributed by atoms with Gasteiger partial charge in [0.1, 0.15) is 16.4 Å². The molecular formula is C22H20F3N3O5S. The molecule has 0 bridgehead atoms. The van der Waals surface area contributed by atoms with Gasteiger partial charge in [0.05, 0.1) is 17.9 Å². The number of nitrogens with one attached hydrogen (secondary N) is 2. The van der Waals surface area contributed by atoms with Crippen LogP contribution in [0.25, 0.3) is 0 Å². The van der Waals surface area contributed by atoms with Crippen molar-refractivity contribution in [3.8, 4) is 11.5 Å². The molecule has 0 saturated carbocycles. The minimum absolute atomic E-state index is 0.0570. The molecule has 1 aromatic heterocycles. The number of carbonyl (C=O) groups is 1. The molecule has 0 aliphatic carbocycles. The van der Waals surface area contributed by atoms with Crippen molar-refractivity contribution >= 4 is 27.3 Å². The molecule has 34 heavy (non-hydrogen) atoms. The Kier molecular flexibility index (Phi) is 7.30. The summed E-state index contributed by atoms with van der Waals surface area (Å²) in [5.74, 6) is -1.08. The summed E-state index contributed by atoms with van der Waals surface area (Å²) in [6, 6.07) is 11.6. The van der Waals surface area contributed by atoms with Gasteiger partial charge in [-0.15, -0.1) is 13.2 Å². The second kappa shape index (κ2) is 10.00. The van der Waals surface area contributed by atoms with Crippen LogP contribution in [0.1, 0.15) is 23.0 Å². The largest absolute Gasteiger partial charge is 0.573 e. The summed E-state index contributed by atoms with van der Waals surface area (Å²) in [6.45, 7) is 3.44. The third kappa shape index (κ3) is 6.38. The fourth-order valence-electron chi connectivity index (χ4n) is 2.97. The van der Waals surface area contributed by atoms with Gasteiger partial charge >= 0.3 is 6.36 Å². The van der Waals surface area contributed by atoms with Crippen molar-refractivity contribution in [1.29, 1.82) is 0 Å². The van der Waals surface area contributed by atoms with E-state index >= 15 is 0 Å². The molecule has 0 fully saturated rings. The molecule has 0 unspecified atom stereocenters. The quantitative estimate of drug-likeness (QED) is 0.468. The van der Waals surface area contributed by atoms with E-state index in [1.807, 2.05) is 0 Å². The van der Waals surface area contributed by atoms with E-state index in [-0.39, 0.29) is 28.6 Å². The van der Waals surface area contributed by atoms with E-state index in [4.69, 9.17) is 4.74 Å². The molecule has 3 rings (SSSR count). The number of aromatic nitrogens is 1. The molecule has 2 N–H and O–H groups in total. The summed E-state index contributed by atoms with van der Waals surface area (Å²) in [5.41, 5.74) is 0.995. The average Bonchev–Trinajstić information content (AvgIpc) is 2.73. The van der Waals surface area contributed by atoms with E-state index < -0.39 is 28.0 Å². The first kappa shape index (κ1) is 24.8. The van der Waals surface area contributed by atoms with Crippen LogP contribution in [0.3, 0.4) is 0 Å². The summed E-state index contributed by atoms with van der Waals surface area (Å²) >= 11 is 0. The minimum Gasteiger partial charge on any atom is -0.492 e. The maximum atomic E-state index is 12.9. The van der Waals surface area contributed by atoms with E-state index in [1.165, 1.54) is 30.3 Å². The fourth-order valence-corrected chi connectivity index (χ4v) is 4.14. The number of alkyl halides is 3. The Morgan fingerprint density at radius 1 is 1.06 bits per heavy atom. The summed E-state index contributed by atoms with van der Waals surface area (Å²) in [7, 11) is -4.27. The number of rotatable bonds is 8. The van der Waals surface area contributed by atoms with Gasteiger partial charge in [0, 0.05) is 29.7 Å². The van der Waals surface area contributed by atoms with Gasteiger partial charge in [-0.2, -0.15) is 0 Å². The first-order chi connectivity index (χ1) is 16.0. The third-order valence-corrected chi connectivity index (χ3v) is 5.78. The van der Waals surface area contributed by atoms with Crippen LogP contribution in [0.5, 0.6) is 11.5 Å². The average molecular weight is 495 g/mol. The standard InChI is InChI=1S/C22H20F3N3O5S/c1-3-32-19-13-15(27-21(29)18-8-5-11-26-14(18)2)9-10-20(19)34(30,31)28-16-6-4-7-17(12-16)33-22(23,24)25/h4-13,28H,3H2,1-2H3,(H,27,29). The predicted octanol–water partition coefficient (Wildman–Crippen LogP) is 4.74. The number of nitrogens with zero attached hydrogens (tertiary/aromatic N) is 1. The van der Waals surface area contributed by atoms with E-state index in [1.54, 1.807) is 32.2 Å². The summed E-state index contributed by atoms with van der Waals surface area (Å²) in [5, 5.41) is 2.66. The molecule has 180 valence electrons. The van der Waals surface area contributed by atoms with E-state index in [0.29, 0.717) is 11.3 Å². The Labute approximate surface area is 193 Å².